The second kappa shape index (κ2) is 11.4. The fourth-order valence-electron chi connectivity index (χ4n) is 4.14. The number of halogens is 1. The highest BCUT2D eigenvalue weighted by Crippen LogP contribution is 2.28. The summed E-state index contributed by atoms with van der Waals surface area (Å²) >= 11 is 2.72. The van der Waals surface area contributed by atoms with Crippen molar-refractivity contribution in [2.75, 3.05) is 6.54 Å². The van der Waals surface area contributed by atoms with Gasteiger partial charge in [0.1, 0.15) is 11.9 Å². The van der Waals surface area contributed by atoms with E-state index in [1.54, 1.807) is 29.6 Å². The Hall–Kier alpha value is -3.04. The molecule has 9 heteroatoms. The first-order valence-electron chi connectivity index (χ1n) is 11.2. The molecule has 6 nitrogen and oxygen atoms in total. The minimum atomic E-state index is -1.16. The Morgan fingerprint density at radius 3 is 2.41 bits per heavy atom. The maximum absolute atomic E-state index is 14.9. The molecule has 1 saturated carbocycles. The molecule has 34 heavy (non-hydrogen) atoms. The van der Waals surface area contributed by atoms with Crippen LogP contribution in [-0.4, -0.2) is 35.2 Å². The zero-order chi connectivity index (χ0) is 23.9. The monoisotopic (exact) mass is 499 g/mol. The molecule has 0 aliphatic heterocycles. The molecule has 2 heterocycles. The van der Waals surface area contributed by atoms with Crippen LogP contribution >= 0.6 is 22.7 Å². The number of thiophene rings is 2. The topological polar surface area (TPSA) is 78.5 Å². The van der Waals surface area contributed by atoms with E-state index < -0.39 is 23.7 Å². The third-order valence-electron chi connectivity index (χ3n) is 5.83. The van der Waals surface area contributed by atoms with Crippen molar-refractivity contribution in [1.29, 1.82) is 0 Å². The molecule has 1 aliphatic carbocycles. The van der Waals surface area contributed by atoms with Gasteiger partial charge < -0.3 is 15.5 Å². The van der Waals surface area contributed by atoms with Gasteiger partial charge in [0, 0.05) is 16.5 Å². The second-order valence-electron chi connectivity index (χ2n) is 8.18. The molecule has 3 aromatic rings. The van der Waals surface area contributed by atoms with E-state index in [4.69, 9.17) is 0 Å². The van der Waals surface area contributed by atoms with E-state index >= 15 is 0 Å². The van der Waals surface area contributed by atoms with Gasteiger partial charge in [-0.15, -0.1) is 22.7 Å². The molecule has 4 rings (SSSR count). The lowest BCUT2D eigenvalue weighted by Gasteiger charge is -2.32. The van der Waals surface area contributed by atoms with E-state index in [1.165, 1.54) is 39.7 Å². The molecule has 0 saturated heterocycles. The van der Waals surface area contributed by atoms with Crippen LogP contribution in [0.2, 0.25) is 0 Å². The Morgan fingerprint density at radius 2 is 1.74 bits per heavy atom. The van der Waals surface area contributed by atoms with Crippen molar-refractivity contribution in [3.05, 3.63) is 80.4 Å². The summed E-state index contributed by atoms with van der Waals surface area (Å²) in [5.74, 6) is -1.79. The van der Waals surface area contributed by atoms with E-state index in [1.807, 2.05) is 17.5 Å². The first-order valence-corrected chi connectivity index (χ1v) is 13.0. The maximum Gasteiger partial charge on any atom is 0.261 e. The lowest BCUT2D eigenvalue weighted by atomic mass is 10.0. The average Bonchev–Trinajstić information content (AvgIpc) is 3.62. The Bertz CT molecular complexity index is 1110. The highest BCUT2D eigenvalue weighted by atomic mass is 32.1. The molecular formula is C25H26FN3O3S2. The number of amides is 3. The highest BCUT2D eigenvalue weighted by molar-refractivity contribution is 7.12. The highest BCUT2D eigenvalue weighted by Gasteiger charge is 2.35. The van der Waals surface area contributed by atoms with Crippen LogP contribution in [0.4, 0.5) is 4.39 Å². The number of rotatable bonds is 9. The van der Waals surface area contributed by atoms with Crippen LogP contribution in [0.25, 0.3) is 0 Å². The van der Waals surface area contributed by atoms with Gasteiger partial charge in [0.2, 0.25) is 11.8 Å². The van der Waals surface area contributed by atoms with Gasteiger partial charge in [-0.05, 0) is 41.8 Å². The summed E-state index contributed by atoms with van der Waals surface area (Å²) in [5.41, 5.74) is 0.132. The summed E-state index contributed by atoms with van der Waals surface area (Å²) < 4.78 is 14.9. The van der Waals surface area contributed by atoms with Crippen LogP contribution in [0.15, 0.2) is 59.3 Å². The predicted octanol–water partition coefficient (Wildman–Crippen LogP) is 4.51. The third-order valence-corrected chi connectivity index (χ3v) is 7.56. The van der Waals surface area contributed by atoms with Crippen LogP contribution in [0, 0.1) is 5.82 Å². The molecule has 3 amide bonds. The van der Waals surface area contributed by atoms with Crippen molar-refractivity contribution in [1.82, 2.24) is 15.5 Å². The van der Waals surface area contributed by atoms with Crippen LogP contribution in [0.3, 0.4) is 0 Å². The van der Waals surface area contributed by atoms with Crippen molar-refractivity contribution in [2.24, 2.45) is 0 Å². The van der Waals surface area contributed by atoms with Crippen LogP contribution in [-0.2, 0) is 16.1 Å². The van der Waals surface area contributed by atoms with E-state index in [-0.39, 0.29) is 30.6 Å². The molecule has 178 valence electrons. The van der Waals surface area contributed by atoms with Crippen LogP contribution in [0.5, 0.6) is 0 Å². The van der Waals surface area contributed by atoms with Crippen molar-refractivity contribution in [2.45, 2.75) is 44.3 Å². The minimum absolute atomic E-state index is 0.0130. The van der Waals surface area contributed by atoms with Gasteiger partial charge in [0.15, 0.2) is 0 Å². The van der Waals surface area contributed by atoms with Crippen molar-refractivity contribution < 1.29 is 18.8 Å². The van der Waals surface area contributed by atoms with E-state index in [9.17, 15) is 18.8 Å². The molecule has 2 aromatic heterocycles. The molecule has 0 spiro atoms. The van der Waals surface area contributed by atoms with Gasteiger partial charge in [-0.1, -0.05) is 43.2 Å². The number of carbonyl (C=O) groups excluding carboxylic acids is 3. The molecule has 1 aliphatic rings. The van der Waals surface area contributed by atoms with Crippen LogP contribution < -0.4 is 10.6 Å². The standard InChI is InChI=1S/C25H26FN3O3S2/c26-20-11-4-3-10-19(20)23(25(32)28-17-7-1-2-8-17)29(16-18-9-5-13-33-18)22(30)15-27-24(31)21-12-6-14-34-21/h3-6,9-14,17,23H,1-2,7-8,15-16H2,(H,27,31)(H,28,32)/t23-/m1/s1. The number of benzene rings is 1. The van der Waals surface area contributed by atoms with E-state index in [2.05, 4.69) is 10.6 Å². The first-order chi connectivity index (χ1) is 16.5. The summed E-state index contributed by atoms with van der Waals surface area (Å²) in [7, 11) is 0. The summed E-state index contributed by atoms with van der Waals surface area (Å²) in [6.07, 6.45) is 3.79. The zero-order valence-corrected chi connectivity index (χ0v) is 20.2. The van der Waals surface area contributed by atoms with Crippen molar-refractivity contribution in [3.63, 3.8) is 0 Å². The van der Waals surface area contributed by atoms with Crippen LogP contribution in [0.1, 0.15) is 51.8 Å². The molecule has 1 aromatic carbocycles. The Kier molecular flexibility index (Phi) is 8.08. The minimum Gasteiger partial charge on any atom is -0.351 e. The fraction of sp³-hybridized carbons (Fsp3) is 0.320. The molecule has 2 N–H and O–H groups in total. The first kappa shape index (κ1) is 24.1. The number of nitrogens with one attached hydrogen (secondary N) is 2. The molecule has 1 atom stereocenters. The van der Waals surface area contributed by atoms with Gasteiger partial charge in [-0.25, -0.2) is 4.39 Å². The summed E-state index contributed by atoms with van der Waals surface area (Å²) in [4.78, 5) is 42.0. The molecule has 1 fully saturated rings. The lowest BCUT2D eigenvalue weighted by molar-refractivity contribution is -0.141. The third kappa shape index (κ3) is 5.90. The summed E-state index contributed by atoms with van der Waals surface area (Å²) in [5, 5.41) is 9.32. The van der Waals surface area contributed by atoms with Crippen molar-refractivity contribution in [3.8, 4) is 0 Å². The number of nitrogens with zero attached hydrogens (tertiary/aromatic N) is 1. The SMILES string of the molecule is O=C(NCC(=O)N(Cc1cccs1)[C@@H](C(=O)NC1CCCC1)c1ccccc1F)c1cccs1. The Morgan fingerprint density at radius 1 is 1.00 bits per heavy atom. The number of carbonyl (C=O) groups is 3. The Labute approximate surface area is 205 Å². The Balaban J connectivity index is 1.62. The van der Waals surface area contributed by atoms with E-state index in [0.29, 0.717) is 4.88 Å². The number of hydrogen-bond acceptors (Lipinski definition) is 5. The normalized spacial score (nSPS) is 14.5. The fourth-order valence-corrected chi connectivity index (χ4v) is 5.49. The summed E-state index contributed by atoms with van der Waals surface area (Å²) in [6, 6.07) is 12.0. The quantitative estimate of drug-likeness (QED) is 0.455. The predicted molar refractivity (Wildman–Crippen MR) is 131 cm³/mol. The van der Waals surface area contributed by atoms with Gasteiger partial charge >= 0.3 is 0 Å². The number of hydrogen-bond donors (Lipinski definition) is 2. The molecule has 0 bridgehead atoms. The van der Waals surface area contributed by atoms with Crippen molar-refractivity contribution >= 4 is 40.4 Å². The van der Waals surface area contributed by atoms with E-state index in [0.717, 1.165) is 30.6 Å². The largest absolute Gasteiger partial charge is 0.351 e. The maximum atomic E-state index is 14.9. The second-order valence-corrected chi connectivity index (χ2v) is 10.2. The average molecular weight is 500 g/mol. The molecule has 0 radical (unpaired) electrons. The smallest absolute Gasteiger partial charge is 0.261 e. The summed E-state index contributed by atoms with van der Waals surface area (Å²) in [6.45, 7) is -0.174. The van der Waals surface area contributed by atoms with Gasteiger partial charge in [0.25, 0.3) is 5.91 Å². The molecular weight excluding hydrogens is 473 g/mol. The lowest BCUT2D eigenvalue weighted by Crippen LogP contribution is -2.48. The zero-order valence-electron chi connectivity index (χ0n) is 18.5. The van der Waals surface area contributed by atoms with Gasteiger partial charge in [-0.2, -0.15) is 0 Å². The van der Waals surface area contributed by atoms with Gasteiger partial charge in [0.05, 0.1) is 18.0 Å². The van der Waals surface area contributed by atoms with Gasteiger partial charge in [-0.3, -0.25) is 14.4 Å². The molecule has 0 unspecified atom stereocenters.